The first-order valence-electron chi connectivity index (χ1n) is 5.58. The van der Waals surface area contributed by atoms with Crippen molar-refractivity contribution in [3.63, 3.8) is 0 Å². The summed E-state index contributed by atoms with van der Waals surface area (Å²) < 4.78 is 18.2. The van der Waals surface area contributed by atoms with Gasteiger partial charge in [-0.15, -0.1) is 0 Å². The molecule has 0 aliphatic rings. The van der Waals surface area contributed by atoms with Crippen molar-refractivity contribution in [2.24, 2.45) is 0 Å². The fraction of sp³-hybridized carbons (Fsp3) is 0.143. The third kappa shape index (κ3) is 3.09. The zero-order chi connectivity index (χ0) is 13.8. The van der Waals surface area contributed by atoms with E-state index in [0.29, 0.717) is 16.1 Å². The van der Waals surface area contributed by atoms with E-state index in [-0.39, 0.29) is 18.1 Å². The summed E-state index contributed by atoms with van der Waals surface area (Å²) in [5.74, 6) is -0.400. The van der Waals surface area contributed by atoms with Crippen LogP contribution in [0.1, 0.15) is 15.9 Å². The van der Waals surface area contributed by atoms with Crippen molar-refractivity contribution >= 4 is 17.4 Å². The van der Waals surface area contributed by atoms with Crippen molar-refractivity contribution < 1.29 is 13.9 Å². The summed E-state index contributed by atoms with van der Waals surface area (Å²) in [5, 5.41) is 0.359. The molecule has 0 unspecified atom stereocenters. The number of halogens is 2. The number of pyridine rings is 1. The summed E-state index contributed by atoms with van der Waals surface area (Å²) >= 11 is 5.94. The van der Waals surface area contributed by atoms with Gasteiger partial charge in [0.25, 0.3) is 0 Å². The summed E-state index contributed by atoms with van der Waals surface area (Å²) in [7, 11) is 1.44. The van der Waals surface area contributed by atoms with Crippen LogP contribution in [0.15, 0.2) is 36.5 Å². The van der Waals surface area contributed by atoms with Gasteiger partial charge in [-0.3, -0.25) is 4.79 Å². The minimum Gasteiger partial charge on any atom is -0.480 e. The molecule has 5 heteroatoms. The lowest BCUT2D eigenvalue weighted by atomic mass is 10.0. The average molecular weight is 280 g/mol. The molecule has 1 aromatic heterocycles. The van der Waals surface area contributed by atoms with Gasteiger partial charge in [0.2, 0.25) is 5.88 Å². The zero-order valence-corrected chi connectivity index (χ0v) is 10.9. The predicted molar refractivity (Wildman–Crippen MR) is 70.2 cm³/mol. The van der Waals surface area contributed by atoms with Gasteiger partial charge < -0.3 is 4.74 Å². The third-order valence-corrected chi connectivity index (χ3v) is 2.99. The fourth-order valence-electron chi connectivity index (χ4n) is 1.71. The van der Waals surface area contributed by atoms with Crippen LogP contribution in [0.25, 0.3) is 0 Å². The number of carbonyl (C=O) groups excluding carboxylic acids is 1. The molecule has 19 heavy (non-hydrogen) atoms. The largest absolute Gasteiger partial charge is 0.480 e. The van der Waals surface area contributed by atoms with Gasteiger partial charge in [-0.1, -0.05) is 11.6 Å². The topological polar surface area (TPSA) is 39.2 Å². The Labute approximate surface area is 115 Å². The van der Waals surface area contributed by atoms with Gasteiger partial charge in [0, 0.05) is 17.6 Å². The minimum absolute atomic E-state index is 0.00134. The highest BCUT2D eigenvalue weighted by Gasteiger charge is 2.15. The second-order valence-electron chi connectivity index (χ2n) is 3.90. The third-order valence-electron chi connectivity index (χ3n) is 2.62. The van der Waals surface area contributed by atoms with Crippen LogP contribution in [-0.2, 0) is 6.42 Å². The molecule has 0 saturated carbocycles. The molecule has 0 bridgehead atoms. The van der Waals surface area contributed by atoms with E-state index in [0.717, 1.165) is 0 Å². The zero-order valence-electron chi connectivity index (χ0n) is 10.2. The molecule has 98 valence electrons. The summed E-state index contributed by atoms with van der Waals surface area (Å²) in [6.45, 7) is 0. The number of carbonyl (C=O) groups is 1. The van der Waals surface area contributed by atoms with Gasteiger partial charge in [-0.25, -0.2) is 9.37 Å². The van der Waals surface area contributed by atoms with Crippen LogP contribution >= 0.6 is 11.6 Å². The van der Waals surface area contributed by atoms with Gasteiger partial charge in [-0.05, 0) is 35.9 Å². The quantitative estimate of drug-likeness (QED) is 0.806. The van der Waals surface area contributed by atoms with Crippen LogP contribution in [0.3, 0.4) is 0 Å². The molecule has 0 radical (unpaired) electrons. The molecule has 0 aliphatic carbocycles. The minimum atomic E-state index is -0.426. The number of rotatable bonds is 4. The molecule has 0 spiro atoms. The fourth-order valence-corrected chi connectivity index (χ4v) is 1.90. The van der Waals surface area contributed by atoms with Gasteiger partial charge >= 0.3 is 0 Å². The van der Waals surface area contributed by atoms with Crippen molar-refractivity contribution in [3.8, 4) is 5.88 Å². The SMILES string of the molecule is COc1ncccc1C(=O)Cc1cc(F)ccc1Cl. The second kappa shape index (κ2) is 5.80. The summed E-state index contributed by atoms with van der Waals surface area (Å²) in [5.41, 5.74) is 0.794. The van der Waals surface area contributed by atoms with Gasteiger partial charge in [0.15, 0.2) is 5.78 Å². The molecule has 0 aliphatic heterocycles. The van der Waals surface area contributed by atoms with Gasteiger partial charge in [-0.2, -0.15) is 0 Å². The van der Waals surface area contributed by atoms with Crippen molar-refractivity contribution in [2.75, 3.05) is 7.11 Å². The first kappa shape index (κ1) is 13.5. The number of ketones is 1. The molecule has 1 heterocycles. The average Bonchev–Trinajstić information content (AvgIpc) is 2.42. The van der Waals surface area contributed by atoms with Crippen LogP contribution in [-0.4, -0.2) is 17.9 Å². The number of benzene rings is 1. The molecule has 0 atom stereocenters. The number of hydrogen-bond donors (Lipinski definition) is 0. The molecule has 0 saturated heterocycles. The number of hydrogen-bond acceptors (Lipinski definition) is 3. The first-order chi connectivity index (χ1) is 9.11. The summed E-state index contributed by atoms with van der Waals surface area (Å²) in [6.07, 6.45) is 1.53. The molecule has 3 nitrogen and oxygen atoms in total. The van der Waals surface area contributed by atoms with Crippen molar-refractivity contribution in [3.05, 3.63) is 58.5 Å². The van der Waals surface area contributed by atoms with Crippen molar-refractivity contribution in [2.45, 2.75) is 6.42 Å². The van der Waals surface area contributed by atoms with Crippen LogP contribution in [0.5, 0.6) is 5.88 Å². The Balaban J connectivity index is 2.28. The van der Waals surface area contributed by atoms with E-state index in [4.69, 9.17) is 16.3 Å². The van der Waals surface area contributed by atoms with Crippen LogP contribution < -0.4 is 4.74 Å². The number of methoxy groups -OCH3 is 1. The van der Waals surface area contributed by atoms with E-state index in [1.165, 1.54) is 31.5 Å². The van der Waals surface area contributed by atoms with E-state index in [2.05, 4.69) is 4.98 Å². The number of nitrogens with zero attached hydrogens (tertiary/aromatic N) is 1. The van der Waals surface area contributed by atoms with E-state index in [1.807, 2.05) is 0 Å². The highest BCUT2D eigenvalue weighted by atomic mass is 35.5. The maximum atomic E-state index is 13.1. The maximum absolute atomic E-state index is 13.1. The Kier molecular flexibility index (Phi) is 4.12. The second-order valence-corrected chi connectivity index (χ2v) is 4.30. The van der Waals surface area contributed by atoms with Gasteiger partial charge in [0.05, 0.1) is 12.7 Å². The molecule has 2 aromatic rings. The molecule has 0 amide bonds. The standard InChI is InChI=1S/C14H11ClFNO2/c1-19-14-11(3-2-6-17-14)13(18)8-9-7-10(16)4-5-12(9)15/h2-7H,8H2,1H3. The lowest BCUT2D eigenvalue weighted by molar-refractivity contribution is 0.0989. The smallest absolute Gasteiger partial charge is 0.224 e. The van der Waals surface area contributed by atoms with Gasteiger partial charge in [0.1, 0.15) is 5.82 Å². The monoisotopic (exact) mass is 279 g/mol. The molecule has 1 aromatic carbocycles. The highest BCUT2D eigenvalue weighted by molar-refractivity contribution is 6.31. The van der Waals surface area contributed by atoms with Crippen molar-refractivity contribution in [1.29, 1.82) is 0 Å². The Hall–Kier alpha value is -1.94. The number of aromatic nitrogens is 1. The lowest BCUT2D eigenvalue weighted by Gasteiger charge is -2.07. The number of Topliss-reactive ketones (excluding diaryl/α,β-unsaturated/α-hetero) is 1. The Morgan fingerprint density at radius 2 is 2.21 bits per heavy atom. The molecule has 0 N–H and O–H groups in total. The molecular formula is C14H11ClFNO2. The van der Waals surface area contributed by atoms with Crippen LogP contribution in [0, 0.1) is 5.82 Å². The summed E-state index contributed by atoms with van der Waals surface area (Å²) in [4.78, 5) is 16.1. The Morgan fingerprint density at radius 3 is 2.95 bits per heavy atom. The van der Waals surface area contributed by atoms with Crippen LogP contribution in [0.4, 0.5) is 4.39 Å². The van der Waals surface area contributed by atoms with E-state index < -0.39 is 5.82 Å². The van der Waals surface area contributed by atoms with E-state index in [9.17, 15) is 9.18 Å². The predicted octanol–water partition coefficient (Wildman–Crippen LogP) is 3.31. The van der Waals surface area contributed by atoms with Crippen LogP contribution in [0.2, 0.25) is 5.02 Å². The molecular weight excluding hydrogens is 269 g/mol. The van der Waals surface area contributed by atoms with Crippen molar-refractivity contribution in [1.82, 2.24) is 4.98 Å². The lowest BCUT2D eigenvalue weighted by Crippen LogP contribution is -2.07. The Bertz CT molecular complexity index is 616. The first-order valence-corrected chi connectivity index (χ1v) is 5.95. The van der Waals surface area contributed by atoms with E-state index >= 15 is 0 Å². The normalized spacial score (nSPS) is 10.3. The number of ether oxygens (including phenoxy) is 1. The molecule has 2 rings (SSSR count). The van der Waals surface area contributed by atoms with E-state index in [1.54, 1.807) is 12.1 Å². The summed E-state index contributed by atoms with van der Waals surface area (Å²) in [6, 6.07) is 7.19. The maximum Gasteiger partial charge on any atom is 0.224 e. The highest BCUT2D eigenvalue weighted by Crippen LogP contribution is 2.21. The molecule has 0 fully saturated rings. The Morgan fingerprint density at radius 1 is 1.42 bits per heavy atom.